The van der Waals surface area contributed by atoms with Crippen molar-refractivity contribution in [1.82, 2.24) is 24.0 Å². The van der Waals surface area contributed by atoms with E-state index in [0.717, 1.165) is 16.3 Å². The topological polar surface area (TPSA) is 90.1 Å². The number of hydrogen-bond donors (Lipinski definition) is 0. The van der Waals surface area contributed by atoms with Crippen molar-refractivity contribution in [3.05, 3.63) is 62.3 Å². The summed E-state index contributed by atoms with van der Waals surface area (Å²) in [5.74, 6) is -0.0167. The first kappa shape index (κ1) is 24.6. The molecule has 0 saturated carbocycles. The Bertz CT molecular complexity index is 1330. The second-order valence-electron chi connectivity index (χ2n) is 8.83. The zero-order chi connectivity index (χ0) is 24.5. The van der Waals surface area contributed by atoms with Gasteiger partial charge in [-0.25, -0.2) is 19.2 Å². The van der Waals surface area contributed by atoms with Crippen LogP contribution in [-0.4, -0.2) is 42.2 Å². The Morgan fingerprint density at radius 3 is 2.45 bits per heavy atom. The molecule has 3 rings (SSSR count). The molecule has 0 bridgehead atoms. The molecule has 2 heterocycles. The first-order valence-corrected chi connectivity index (χ1v) is 11.6. The Labute approximate surface area is 195 Å². The van der Waals surface area contributed by atoms with Crippen molar-refractivity contribution in [1.29, 1.82) is 0 Å². The van der Waals surface area contributed by atoms with Gasteiger partial charge in [0.1, 0.15) is 22.1 Å². The van der Waals surface area contributed by atoms with Crippen LogP contribution in [0.3, 0.4) is 0 Å². The normalized spacial score (nSPS) is 11.7. The van der Waals surface area contributed by atoms with E-state index in [2.05, 4.69) is 9.97 Å². The second-order valence-corrected chi connectivity index (χ2v) is 9.80. The van der Waals surface area contributed by atoms with Gasteiger partial charge in [-0.15, -0.1) is 0 Å². The number of aromatic nitrogens is 4. The van der Waals surface area contributed by atoms with Gasteiger partial charge in [0, 0.05) is 32.6 Å². The Hall–Kier alpha value is -3.01. The van der Waals surface area contributed by atoms with E-state index in [1.807, 2.05) is 27.7 Å². The van der Waals surface area contributed by atoms with Crippen molar-refractivity contribution >= 4 is 28.7 Å². The van der Waals surface area contributed by atoms with E-state index in [1.54, 1.807) is 24.1 Å². The highest BCUT2D eigenvalue weighted by Crippen LogP contribution is 2.27. The first-order valence-electron chi connectivity index (χ1n) is 10.6. The molecule has 0 aliphatic carbocycles. The van der Waals surface area contributed by atoms with Crippen LogP contribution in [0.25, 0.3) is 11.0 Å². The van der Waals surface area contributed by atoms with Crippen LogP contribution in [0.1, 0.15) is 39.1 Å². The van der Waals surface area contributed by atoms with Gasteiger partial charge < -0.3 is 4.90 Å². The maximum absolute atomic E-state index is 13.5. The Kier molecular flexibility index (Phi) is 7.06. The Morgan fingerprint density at radius 1 is 1.15 bits per heavy atom. The van der Waals surface area contributed by atoms with E-state index >= 15 is 0 Å². The highest BCUT2D eigenvalue weighted by molar-refractivity contribution is 8.00. The molecule has 1 amide bonds. The van der Waals surface area contributed by atoms with Crippen molar-refractivity contribution in [2.24, 2.45) is 14.1 Å². The predicted molar refractivity (Wildman–Crippen MR) is 127 cm³/mol. The molecule has 0 fully saturated rings. The quantitative estimate of drug-likeness (QED) is 0.404. The van der Waals surface area contributed by atoms with Crippen LogP contribution in [0.5, 0.6) is 0 Å². The number of amides is 1. The summed E-state index contributed by atoms with van der Waals surface area (Å²) in [7, 11) is 2.96. The van der Waals surface area contributed by atoms with E-state index in [9.17, 15) is 18.8 Å². The summed E-state index contributed by atoms with van der Waals surface area (Å²) >= 11 is 1.14. The number of carbonyl (C=O) groups excluding carboxylic acids is 1. The predicted octanol–water partition coefficient (Wildman–Crippen LogP) is 2.60. The summed E-state index contributed by atoms with van der Waals surface area (Å²) in [6.45, 7) is 8.39. The van der Waals surface area contributed by atoms with E-state index < -0.39 is 16.7 Å². The number of rotatable bonds is 6. The van der Waals surface area contributed by atoms with Gasteiger partial charge in [-0.2, -0.15) is 0 Å². The lowest BCUT2D eigenvalue weighted by Crippen LogP contribution is -2.38. The van der Waals surface area contributed by atoms with Gasteiger partial charge >= 0.3 is 5.69 Å². The molecular weight excluding hydrogens is 445 g/mol. The summed E-state index contributed by atoms with van der Waals surface area (Å²) in [5.41, 5.74) is -0.482. The fraction of sp³-hybridized carbons (Fsp3) is 0.435. The summed E-state index contributed by atoms with van der Waals surface area (Å²) in [4.78, 5) is 49.0. The molecular formula is C23H28FN5O3S. The fourth-order valence-electron chi connectivity index (χ4n) is 3.32. The number of aryl methyl sites for hydroxylation is 1. The monoisotopic (exact) mass is 473 g/mol. The number of benzene rings is 1. The van der Waals surface area contributed by atoms with E-state index in [-0.39, 0.29) is 35.1 Å². The van der Waals surface area contributed by atoms with Crippen LogP contribution in [-0.2, 0) is 30.8 Å². The minimum atomic E-state index is -0.504. The van der Waals surface area contributed by atoms with Crippen LogP contribution in [0.4, 0.5) is 4.39 Å². The standard InChI is InChI=1S/C23H28FN5O3S/c1-7-29(12-14-9-8-10-15(24)11-14)16(30)13-33-19-17-18(25-21(26-19)23(2,3)4)27(5)22(32)28(6)20(17)31/h8-11H,7,12-13H2,1-6H3. The van der Waals surface area contributed by atoms with Crippen LogP contribution >= 0.6 is 11.8 Å². The molecule has 2 aromatic heterocycles. The third kappa shape index (κ3) is 5.16. The maximum Gasteiger partial charge on any atom is 0.332 e. The summed E-state index contributed by atoms with van der Waals surface area (Å²) in [6.07, 6.45) is 0. The smallest absolute Gasteiger partial charge is 0.332 e. The average Bonchev–Trinajstić information content (AvgIpc) is 2.76. The summed E-state index contributed by atoms with van der Waals surface area (Å²) in [5, 5.41) is 0.565. The van der Waals surface area contributed by atoms with Gasteiger partial charge in [-0.1, -0.05) is 44.7 Å². The molecule has 0 atom stereocenters. The minimum absolute atomic E-state index is 0.0326. The third-order valence-corrected chi connectivity index (χ3v) is 6.23. The van der Waals surface area contributed by atoms with Crippen molar-refractivity contribution in [2.75, 3.05) is 12.3 Å². The molecule has 0 N–H and O–H groups in total. The third-order valence-electron chi connectivity index (χ3n) is 5.27. The second kappa shape index (κ2) is 9.46. The molecule has 0 radical (unpaired) electrons. The first-order chi connectivity index (χ1) is 15.4. The lowest BCUT2D eigenvalue weighted by atomic mass is 9.96. The van der Waals surface area contributed by atoms with Crippen LogP contribution in [0, 0.1) is 5.82 Å². The lowest BCUT2D eigenvalue weighted by Gasteiger charge is -2.22. The lowest BCUT2D eigenvalue weighted by molar-refractivity contribution is -0.128. The molecule has 10 heteroatoms. The molecule has 1 aromatic carbocycles. The number of carbonyl (C=O) groups is 1. The maximum atomic E-state index is 13.5. The molecule has 8 nitrogen and oxygen atoms in total. The van der Waals surface area contributed by atoms with E-state index in [0.29, 0.717) is 23.0 Å². The molecule has 0 spiro atoms. The average molecular weight is 474 g/mol. The van der Waals surface area contributed by atoms with Crippen molar-refractivity contribution in [3.8, 4) is 0 Å². The Balaban J connectivity index is 1.98. The molecule has 0 aliphatic rings. The van der Waals surface area contributed by atoms with Gasteiger partial charge in [-0.3, -0.25) is 18.7 Å². The number of nitrogens with zero attached hydrogens (tertiary/aromatic N) is 5. The zero-order valence-corrected chi connectivity index (χ0v) is 20.5. The van der Waals surface area contributed by atoms with Crippen molar-refractivity contribution < 1.29 is 9.18 Å². The fourth-order valence-corrected chi connectivity index (χ4v) is 4.24. The van der Waals surface area contributed by atoms with E-state index in [1.165, 1.54) is 23.7 Å². The number of fused-ring (bicyclic) bond motifs is 1. The van der Waals surface area contributed by atoms with Crippen molar-refractivity contribution in [3.63, 3.8) is 0 Å². The molecule has 0 aliphatic heterocycles. The number of thioether (sulfide) groups is 1. The van der Waals surface area contributed by atoms with Gasteiger partial charge in [0.2, 0.25) is 5.91 Å². The highest BCUT2D eigenvalue weighted by Gasteiger charge is 2.24. The number of halogens is 1. The minimum Gasteiger partial charge on any atom is -0.338 e. The SMILES string of the molecule is CCN(Cc1cccc(F)c1)C(=O)CSc1nc(C(C)(C)C)nc2c1c(=O)n(C)c(=O)n2C. The van der Waals surface area contributed by atoms with Crippen LogP contribution < -0.4 is 11.2 Å². The molecule has 176 valence electrons. The zero-order valence-electron chi connectivity index (χ0n) is 19.7. The van der Waals surface area contributed by atoms with Crippen molar-refractivity contribution in [2.45, 2.75) is 44.7 Å². The van der Waals surface area contributed by atoms with Gasteiger partial charge in [0.15, 0.2) is 5.65 Å². The summed E-state index contributed by atoms with van der Waals surface area (Å²) < 4.78 is 15.9. The Morgan fingerprint density at radius 2 is 1.85 bits per heavy atom. The molecule has 0 saturated heterocycles. The summed E-state index contributed by atoms with van der Waals surface area (Å²) in [6, 6.07) is 6.14. The van der Waals surface area contributed by atoms with Crippen LogP contribution in [0.2, 0.25) is 0 Å². The molecule has 3 aromatic rings. The molecule has 33 heavy (non-hydrogen) atoms. The van der Waals surface area contributed by atoms with Gasteiger partial charge in [0.05, 0.1) is 5.75 Å². The largest absolute Gasteiger partial charge is 0.338 e. The number of hydrogen-bond acceptors (Lipinski definition) is 6. The van der Waals surface area contributed by atoms with E-state index in [4.69, 9.17) is 0 Å². The van der Waals surface area contributed by atoms with Gasteiger partial charge in [-0.05, 0) is 24.6 Å². The van der Waals surface area contributed by atoms with Crippen LogP contribution in [0.15, 0.2) is 38.9 Å². The molecule has 0 unspecified atom stereocenters. The van der Waals surface area contributed by atoms with Gasteiger partial charge in [0.25, 0.3) is 5.56 Å². The highest BCUT2D eigenvalue weighted by atomic mass is 32.2.